The van der Waals surface area contributed by atoms with E-state index in [1.165, 1.54) is 36.0 Å². The largest absolute Gasteiger partial charge is 0.325 e. The molecule has 0 bridgehead atoms. The van der Waals surface area contributed by atoms with Crippen LogP contribution in [0.1, 0.15) is 6.92 Å². The maximum absolute atomic E-state index is 12.1. The number of thioether (sulfide) groups is 1. The Balaban J connectivity index is 1.95. The first kappa shape index (κ1) is 15.1. The van der Waals surface area contributed by atoms with Crippen molar-refractivity contribution in [2.24, 2.45) is 0 Å². The highest BCUT2D eigenvalue weighted by Crippen LogP contribution is 2.24. The van der Waals surface area contributed by atoms with E-state index in [1.807, 2.05) is 37.3 Å². The summed E-state index contributed by atoms with van der Waals surface area (Å²) in [6.07, 6.45) is 0. The molecule has 6 heteroatoms. The van der Waals surface area contributed by atoms with Crippen LogP contribution >= 0.6 is 11.8 Å². The number of nitrogens with one attached hydrogen (secondary N) is 1. The number of nitro groups is 1. The smallest absolute Gasteiger partial charge is 0.269 e. The Morgan fingerprint density at radius 1 is 1.14 bits per heavy atom. The quantitative estimate of drug-likeness (QED) is 0.519. The molecule has 2 aromatic carbocycles. The van der Waals surface area contributed by atoms with Crippen LogP contribution in [0.25, 0.3) is 0 Å². The molecule has 1 unspecified atom stereocenters. The van der Waals surface area contributed by atoms with E-state index < -0.39 is 4.92 Å². The molecule has 1 atom stereocenters. The average Bonchev–Trinajstić information content (AvgIpc) is 2.48. The molecule has 0 aliphatic heterocycles. The summed E-state index contributed by atoms with van der Waals surface area (Å²) in [4.78, 5) is 23.2. The van der Waals surface area contributed by atoms with Gasteiger partial charge in [0, 0.05) is 22.7 Å². The minimum atomic E-state index is -0.473. The van der Waals surface area contributed by atoms with Crippen molar-refractivity contribution >= 4 is 29.0 Å². The first-order valence-electron chi connectivity index (χ1n) is 6.33. The molecular formula is C15H14N2O3S. The van der Waals surface area contributed by atoms with Crippen LogP contribution in [0.15, 0.2) is 59.5 Å². The van der Waals surface area contributed by atoms with E-state index in [2.05, 4.69) is 5.32 Å². The van der Waals surface area contributed by atoms with Crippen LogP contribution in [-0.4, -0.2) is 16.1 Å². The van der Waals surface area contributed by atoms with Gasteiger partial charge in [0.05, 0.1) is 10.2 Å². The Morgan fingerprint density at radius 3 is 2.33 bits per heavy atom. The number of nitrogens with zero attached hydrogens (tertiary/aromatic N) is 1. The third-order valence-electron chi connectivity index (χ3n) is 2.77. The highest BCUT2D eigenvalue weighted by atomic mass is 32.2. The van der Waals surface area contributed by atoms with E-state index in [0.717, 1.165) is 4.90 Å². The number of rotatable bonds is 5. The monoisotopic (exact) mass is 302 g/mol. The summed E-state index contributed by atoms with van der Waals surface area (Å²) in [5.74, 6) is -0.141. The minimum absolute atomic E-state index is 0.000270. The van der Waals surface area contributed by atoms with Gasteiger partial charge in [-0.05, 0) is 31.2 Å². The van der Waals surface area contributed by atoms with Crippen molar-refractivity contribution < 1.29 is 9.72 Å². The summed E-state index contributed by atoms with van der Waals surface area (Å²) in [5.41, 5.74) is 0.547. The summed E-state index contributed by atoms with van der Waals surface area (Å²) in [6.45, 7) is 1.82. The minimum Gasteiger partial charge on any atom is -0.325 e. The van der Waals surface area contributed by atoms with Crippen LogP contribution in [0.3, 0.4) is 0 Å². The number of hydrogen-bond acceptors (Lipinski definition) is 4. The predicted octanol–water partition coefficient (Wildman–Crippen LogP) is 3.71. The summed E-state index contributed by atoms with van der Waals surface area (Å²) in [5, 5.41) is 13.0. The molecule has 0 fully saturated rings. The zero-order valence-electron chi connectivity index (χ0n) is 11.4. The van der Waals surface area contributed by atoms with Crippen LogP contribution in [-0.2, 0) is 4.79 Å². The molecule has 21 heavy (non-hydrogen) atoms. The van der Waals surface area contributed by atoms with Crippen molar-refractivity contribution in [1.82, 2.24) is 0 Å². The van der Waals surface area contributed by atoms with E-state index in [1.54, 1.807) is 0 Å². The molecule has 0 radical (unpaired) electrons. The lowest BCUT2D eigenvalue weighted by Crippen LogP contribution is -2.22. The third-order valence-corrected chi connectivity index (χ3v) is 3.88. The number of amides is 1. The molecule has 1 N–H and O–H groups in total. The van der Waals surface area contributed by atoms with Crippen molar-refractivity contribution in [3.8, 4) is 0 Å². The molecule has 0 saturated carbocycles. The number of benzene rings is 2. The Morgan fingerprint density at radius 2 is 1.76 bits per heavy atom. The summed E-state index contributed by atoms with van der Waals surface area (Å²) >= 11 is 1.46. The number of carbonyl (C=O) groups is 1. The molecule has 2 aromatic rings. The molecule has 0 aliphatic rings. The highest BCUT2D eigenvalue weighted by molar-refractivity contribution is 8.00. The maximum Gasteiger partial charge on any atom is 0.269 e. The fourth-order valence-corrected chi connectivity index (χ4v) is 2.56. The van der Waals surface area contributed by atoms with E-state index in [4.69, 9.17) is 0 Å². The summed E-state index contributed by atoms with van der Waals surface area (Å²) in [6, 6.07) is 15.4. The van der Waals surface area contributed by atoms with Crippen molar-refractivity contribution in [2.45, 2.75) is 17.1 Å². The second-order valence-electron chi connectivity index (χ2n) is 4.37. The fraction of sp³-hybridized carbons (Fsp3) is 0.133. The molecule has 1 amide bonds. The lowest BCUT2D eigenvalue weighted by atomic mass is 10.3. The van der Waals surface area contributed by atoms with Gasteiger partial charge in [0.15, 0.2) is 0 Å². The summed E-state index contributed by atoms with van der Waals surface area (Å²) in [7, 11) is 0. The van der Waals surface area contributed by atoms with Crippen molar-refractivity contribution in [1.29, 1.82) is 0 Å². The Kier molecular flexibility index (Phi) is 4.94. The maximum atomic E-state index is 12.1. The molecule has 0 aliphatic carbocycles. The molecule has 0 heterocycles. The van der Waals surface area contributed by atoms with Gasteiger partial charge >= 0.3 is 0 Å². The second kappa shape index (κ2) is 6.90. The van der Waals surface area contributed by atoms with E-state index in [-0.39, 0.29) is 16.8 Å². The zero-order valence-corrected chi connectivity index (χ0v) is 12.2. The highest BCUT2D eigenvalue weighted by Gasteiger charge is 2.15. The summed E-state index contributed by atoms with van der Waals surface area (Å²) < 4.78 is 0. The Bertz CT molecular complexity index is 629. The van der Waals surface area contributed by atoms with Crippen molar-refractivity contribution in [3.63, 3.8) is 0 Å². The van der Waals surface area contributed by atoms with Gasteiger partial charge in [-0.1, -0.05) is 18.2 Å². The molecule has 108 valence electrons. The van der Waals surface area contributed by atoms with Crippen LogP contribution in [0.4, 0.5) is 11.4 Å². The normalized spacial score (nSPS) is 11.7. The van der Waals surface area contributed by atoms with E-state index in [0.29, 0.717) is 5.69 Å². The van der Waals surface area contributed by atoms with Gasteiger partial charge in [-0.25, -0.2) is 0 Å². The Labute approximate surface area is 126 Å². The van der Waals surface area contributed by atoms with Crippen molar-refractivity contribution in [2.75, 3.05) is 5.32 Å². The first-order chi connectivity index (χ1) is 10.1. The van der Waals surface area contributed by atoms with Gasteiger partial charge < -0.3 is 5.32 Å². The lowest BCUT2D eigenvalue weighted by molar-refractivity contribution is -0.384. The van der Waals surface area contributed by atoms with Crippen LogP contribution in [0.5, 0.6) is 0 Å². The van der Waals surface area contributed by atoms with Gasteiger partial charge in [0.2, 0.25) is 5.91 Å². The third kappa shape index (κ3) is 4.32. The van der Waals surface area contributed by atoms with E-state index in [9.17, 15) is 14.9 Å². The van der Waals surface area contributed by atoms with Crippen LogP contribution in [0.2, 0.25) is 0 Å². The predicted molar refractivity (Wildman–Crippen MR) is 83.5 cm³/mol. The van der Waals surface area contributed by atoms with Gasteiger partial charge in [-0.15, -0.1) is 11.8 Å². The molecule has 0 spiro atoms. The number of anilines is 1. The molecular weight excluding hydrogens is 288 g/mol. The van der Waals surface area contributed by atoms with E-state index >= 15 is 0 Å². The van der Waals surface area contributed by atoms with Gasteiger partial charge in [0.1, 0.15) is 0 Å². The zero-order chi connectivity index (χ0) is 15.2. The topological polar surface area (TPSA) is 72.2 Å². The number of non-ortho nitro benzene ring substituents is 1. The average molecular weight is 302 g/mol. The van der Waals surface area contributed by atoms with Gasteiger partial charge in [0.25, 0.3) is 5.69 Å². The van der Waals surface area contributed by atoms with Crippen LogP contribution in [0, 0.1) is 10.1 Å². The lowest BCUT2D eigenvalue weighted by Gasteiger charge is -2.11. The molecule has 0 aromatic heterocycles. The first-order valence-corrected chi connectivity index (χ1v) is 7.21. The number of hydrogen-bond donors (Lipinski definition) is 1. The standard InChI is InChI=1S/C15H14N2O3S/c1-11(21-14-5-3-2-4-6-14)15(18)16-12-7-9-13(10-8-12)17(19)20/h2-11H,1H3,(H,16,18). The molecule has 2 rings (SSSR count). The number of nitro benzene ring substituents is 1. The molecule has 5 nitrogen and oxygen atoms in total. The van der Waals surface area contributed by atoms with Crippen LogP contribution < -0.4 is 5.32 Å². The van der Waals surface area contributed by atoms with Crippen molar-refractivity contribution in [3.05, 3.63) is 64.7 Å². The Hall–Kier alpha value is -2.34. The number of carbonyl (C=O) groups excluding carboxylic acids is 1. The molecule has 0 saturated heterocycles. The fourth-order valence-electron chi connectivity index (χ4n) is 1.67. The van der Waals surface area contributed by atoms with Gasteiger partial charge in [-0.3, -0.25) is 14.9 Å². The SMILES string of the molecule is CC(Sc1ccccc1)C(=O)Nc1ccc([N+](=O)[O-])cc1. The second-order valence-corrected chi connectivity index (χ2v) is 5.78. The van der Waals surface area contributed by atoms with Gasteiger partial charge in [-0.2, -0.15) is 0 Å².